The van der Waals surface area contributed by atoms with Crippen molar-refractivity contribution in [2.75, 3.05) is 13.7 Å². The van der Waals surface area contributed by atoms with Crippen LogP contribution in [0.2, 0.25) is 5.02 Å². The maximum absolute atomic E-state index is 12.3. The fourth-order valence-electron chi connectivity index (χ4n) is 3.79. The summed E-state index contributed by atoms with van der Waals surface area (Å²) in [6.45, 7) is 2.36. The quantitative estimate of drug-likeness (QED) is 0.488. The summed E-state index contributed by atoms with van der Waals surface area (Å²) in [5.74, 6) is 1.18. The number of hydrogen-bond donors (Lipinski definition) is 2. The van der Waals surface area contributed by atoms with E-state index in [1.54, 1.807) is 31.4 Å². The average molecular weight is 459 g/mol. The Labute approximate surface area is 194 Å². The molecule has 0 saturated heterocycles. The van der Waals surface area contributed by atoms with E-state index in [-0.39, 0.29) is 24.0 Å². The van der Waals surface area contributed by atoms with Gasteiger partial charge in [0.2, 0.25) is 5.91 Å². The van der Waals surface area contributed by atoms with Crippen LogP contribution in [0.5, 0.6) is 11.5 Å². The van der Waals surface area contributed by atoms with Crippen molar-refractivity contribution in [2.45, 2.75) is 57.6 Å². The van der Waals surface area contributed by atoms with E-state index in [2.05, 4.69) is 10.6 Å². The van der Waals surface area contributed by atoms with Crippen LogP contribution in [-0.4, -0.2) is 31.6 Å². The maximum atomic E-state index is 12.3. The first-order valence-electron chi connectivity index (χ1n) is 11.1. The van der Waals surface area contributed by atoms with Gasteiger partial charge in [0.15, 0.2) is 11.5 Å². The van der Waals surface area contributed by atoms with Gasteiger partial charge in [-0.15, -0.1) is 0 Å². The van der Waals surface area contributed by atoms with Crippen LogP contribution in [0.3, 0.4) is 0 Å². The van der Waals surface area contributed by atoms with Gasteiger partial charge in [-0.05, 0) is 81.0 Å². The monoisotopic (exact) mass is 458 g/mol. The molecule has 0 spiro atoms. The Morgan fingerprint density at radius 3 is 2.50 bits per heavy atom. The molecule has 0 heterocycles. The van der Waals surface area contributed by atoms with Gasteiger partial charge in [0.25, 0.3) is 5.91 Å². The number of amides is 2. The van der Waals surface area contributed by atoms with Crippen molar-refractivity contribution >= 4 is 23.4 Å². The zero-order valence-corrected chi connectivity index (χ0v) is 19.4. The van der Waals surface area contributed by atoms with Gasteiger partial charge in [0.05, 0.1) is 19.3 Å². The van der Waals surface area contributed by atoms with Gasteiger partial charge in [-0.25, -0.2) is 0 Å². The molecule has 1 aliphatic carbocycles. The lowest BCUT2D eigenvalue weighted by Crippen LogP contribution is -2.29. The molecular weight excluding hydrogens is 428 g/mol. The fourth-order valence-corrected chi connectivity index (χ4v) is 3.91. The van der Waals surface area contributed by atoms with Crippen LogP contribution in [0.15, 0.2) is 42.5 Å². The van der Waals surface area contributed by atoms with E-state index in [4.69, 9.17) is 21.1 Å². The molecule has 0 bridgehead atoms. The number of hydrogen-bond acceptors (Lipinski definition) is 4. The number of ether oxygens (including phenoxy) is 2. The van der Waals surface area contributed by atoms with Crippen LogP contribution in [0, 0.1) is 0 Å². The first-order chi connectivity index (χ1) is 15.5. The number of carbonyl (C=O) groups is 2. The Morgan fingerprint density at radius 2 is 1.81 bits per heavy atom. The van der Waals surface area contributed by atoms with E-state index in [0.29, 0.717) is 35.7 Å². The van der Waals surface area contributed by atoms with Crippen molar-refractivity contribution in [3.05, 3.63) is 58.6 Å². The SMILES string of the molecule is COc1cc(C(C)NC(=O)CCCNC(=O)c2ccc(Cl)cc2)ccc1OC1CCCC1. The molecular formula is C25H31ClN2O4. The fraction of sp³-hybridized carbons (Fsp3) is 0.440. The Bertz CT molecular complexity index is 911. The summed E-state index contributed by atoms with van der Waals surface area (Å²) < 4.78 is 11.6. The van der Waals surface area contributed by atoms with Crippen LogP contribution >= 0.6 is 11.6 Å². The van der Waals surface area contributed by atoms with Crippen LogP contribution in [0.1, 0.15) is 67.4 Å². The number of nitrogens with one attached hydrogen (secondary N) is 2. The van der Waals surface area contributed by atoms with Crippen molar-refractivity contribution < 1.29 is 19.1 Å². The predicted octanol–water partition coefficient (Wildman–Crippen LogP) is 5.06. The molecule has 32 heavy (non-hydrogen) atoms. The molecule has 172 valence electrons. The number of rotatable bonds is 10. The van der Waals surface area contributed by atoms with Crippen LogP contribution < -0.4 is 20.1 Å². The van der Waals surface area contributed by atoms with Gasteiger partial charge in [-0.2, -0.15) is 0 Å². The zero-order chi connectivity index (χ0) is 22.9. The second-order valence-corrected chi connectivity index (χ2v) is 8.53. The molecule has 2 aromatic carbocycles. The molecule has 2 N–H and O–H groups in total. The number of halogens is 1. The average Bonchev–Trinajstić information content (AvgIpc) is 3.30. The summed E-state index contributed by atoms with van der Waals surface area (Å²) in [4.78, 5) is 24.4. The smallest absolute Gasteiger partial charge is 0.251 e. The lowest BCUT2D eigenvalue weighted by Gasteiger charge is -2.19. The van der Waals surface area contributed by atoms with Crippen LogP contribution in [0.25, 0.3) is 0 Å². The first kappa shape index (κ1) is 23.9. The van der Waals surface area contributed by atoms with E-state index < -0.39 is 0 Å². The maximum Gasteiger partial charge on any atom is 0.251 e. The van der Waals surface area contributed by atoms with E-state index >= 15 is 0 Å². The Kier molecular flexibility index (Phi) is 8.80. The van der Waals surface area contributed by atoms with Crippen molar-refractivity contribution in [1.82, 2.24) is 10.6 Å². The lowest BCUT2D eigenvalue weighted by molar-refractivity contribution is -0.121. The van der Waals surface area contributed by atoms with E-state index in [1.807, 2.05) is 25.1 Å². The standard InChI is InChI=1S/C25H31ClN2O4/c1-17(19-11-14-22(23(16-19)31-2)32-21-6-3-4-7-21)28-24(29)8-5-15-27-25(30)18-9-12-20(26)13-10-18/h9-14,16-17,21H,3-8,15H2,1-2H3,(H,27,30)(H,28,29). The molecule has 0 aliphatic heterocycles. The number of benzene rings is 2. The van der Waals surface area contributed by atoms with Gasteiger partial charge in [-0.3, -0.25) is 9.59 Å². The summed E-state index contributed by atoms with van der Waals surface area (Å²) in [5, 5.41) is 6.40. The van der Waals surface area contributed by atoms with E-state index in [1.165, 1.54) is 12.8 Å². The molecule has 2 aromatic rings. The van der Waals surface area contributed by atoms with Gasteiger partial charge < -0.3 is 20.1 Å². The topological polar surface area (TPSA) is 76.7 Å². The molecule has 1 saturated carbocycles. The Morgan fingerprint density at radius 1 is 1.09 bits per heavy atom. The minimum absolute atomic E-state index is 0.0662. The van der Waals surface area contributed by atoms with E-state index in [0.717, 1.165) is 24.2 Å². The summed E-state index contributed by atoms with van der Waals surface area (Å²) in [7, 11) is 1.63. The normalized spacial score (nSPS) is 14.6. The van der Waals surface area contributed by atoms with Gasteiger partial charge in [-0.1, -0.05) is 17.7 Å². The molecule has 1 aliphatic rings. The molecule has 0 radical (unpaired) electrons. The number of carbonyl (C=O) groups excluding carboxylic acids is 2. The molecule has 0 aromatic heterocycles. The summed E-state index contributed by atoms with van der Waals surface area (Å²) >= 11 is 5.83. The van der Waals surface area contributed by atoms with Crippen molar-refractivity contribution in [2.24, 2.45) is 0 Å². The third-order valence-corrected chi connectivity index (χ3v) is 5.89. The predicted molar refractivity (Wildman–Crippen MR) is 125 cm³/mol. The largest absolute Gasteiger partial charge is 0.493 e. The molecule has 2 amide bonds. The molecule has 1 fully saturated rings. The summed E-state index contributed by atoms with van der Waals surface area (Å²) in [6.07, 6.45) is 5.71. The molecule has 1 unspecified atom stereocenters. The van der Waals surface area contributed by atoms with E-state index in [9.17, 15) is 9.59 Å². The van der Waals surface area contributed by atoms with Crippen molar-refractivity contribution in [3.63, 3.8) is 0 Å². The third-order valence-electron chi connectivity index (χ3n) is 5.63. The highest BCUT2D eigenvalue weighted by Gasteiger charge is 2.19. The summed E-state index contributed by atoms with van der Waals surface area (Å²) in [6, 6.07) is 12.3. The third kappa shape index (κ3) is 6.89. The Balaban J connectivity index is 1.43. The highest BCUT2D eigenvalue weighted by Crippen LogP contribution is 2.33. The highest BCUT2D eigenvalue weighted by molar-refractivity contribution is 6.30. The highest BCUT2D eigenvalue weighted by atomic mass is 35.5. The number of methoxy groups -OCH3 is 1. The minimum Gasteiger partial charge on any atom is -0.493 e. The zero-order valence-electron chi connectivity index (χ0n) is 18.7. The van der Waals surface area contributed by atoms with Crippen molar-refractivity contribution in [1.29, 1.82) is 0 Å². The minimum atomic E-state index is -0.178. The Hall–Kier alpha value is -2.73. The van der Waals surface area contributed by atoms with Gasteiger partial charge >= 0.3 is 0 Å². The van der Waals surface area contributed by atoms with Crippen molar-refractivity contribution in [3.8, 4) is 11.5 Å². The first-order valence-corrected chi connectivity index (χ1v) is 11.5. The second kappa shape index (κ2) is 11.8. The summed E-state index contributed by atoms with van der Waals surface area (Å²) in [5.41, 5.74) is 1.49. The van der Waals surface area contributed by atoms with Gasteiger partial charge in [0, 0.05) is 23.6 Å². The van der Waals surface area contributed by atoms with Crippen LogP contribution in [0.4, 0.5) is 0 Å². The molecule has 1 atom stereocenters. The molecule has 6 nitrogen and oxygen atoms in total. The van der Waals surface area contributed by atoms with Crippen LogP contribution in [-0.2, 0) is 4.79 Å². The second-order valence-electron chi connectivity index (χ2n) is 8.09. The van der Waals surface area contributed by atoms with Gasteiger partial charge in [0.1, 0.15) is 0 Å². The molecule has 7 heteroatoms. The molecule has 3 rings (SSSR count). The lowest BCUT2D eigenvalue weighted by atomic mass is 10.1.